The van der Waals surface area contributed by atoms with Gasteiger partial charge in [0.1, 0.15) is 40.7 Å². The van der Waals surface area contributed by atoms with Crippen LogP contribution in [0.4, 0.5) is 16.2 Å². The van der Waals surface area contributed by atoms with Crippen LogP contribution in [0.25, 0.3) is 0 Å². The maximum atomic E-state index is 14.4. The number of ether oxygens (including phenoxy) is 9. The number of unbranched alkanes of at least 4 members (excludes halogenated alkanes) is 2. The Morgan fingerprint density at radius 1 is 0.837 bits per heavy atom. The SMILES string of the molecule is COc1cc2cc(c1Cl)N(C)C(=O)C[C@H](OC(=O)[C@H](C)N(C)C(=O)CCCCCNC(=O)CCOCCOCCOCCOCCNC(=O)CCC(=O)N1Cc3ccccc3C#Cc3ccccc31)[C@]1(C)O[C@H]1[C@H](C)[C@@H]1C[C@@](O)(NC(=O)O1)[C@H](OC)/C=C\C=C(\C)C2. The first kappa shape index (κ1) is 72.0. The van der Waals surface area contributed by atoms with Crippen LogP contribution < -0.4 is 30.5 Å². The van der Waals surface area contributed by atoms with Crippen LogP contribution in [0.2, 0.25) is 5.02 Å². The van der Waals surface area contributed by atoms with Gasteiger partial charge in [0.15, 0.2) is 5.72 Å². The highest BCUT2D eigenvalue weighted by Gasteiger charge is 2.64. The quantitative estimate of drug-likeness (QED) is 0.0250. The number of likely N-dealkylation sites (N-methyl/N-ethyl adjacent to an activating group) is 1. The Balaban J connectivity index is 0.739. The minimum absolute atomic E-state index is 0.0464. The summed E-state index contributed by atoms with van der Waals surface area (Å²) in [5.41, 5.74) is 2.21. The van der Waals surface area contributed by atoms with E-state index in [-0.39, 0.29) is 73.8 Å². The second-order valence-electron chi connectivity index (χ2n) is 23.5. The van der Waals surface area contributed by atoms with Crippen LogP contribution in [-0.4, -0.2) is 188 Å². The van der Waals surface area contributed by atoms with E-state index in [1.165, 1.54) is 38.0 Å². The fourth-order valence-electron chi connectivity index (χ4n) is 11.1. The molecule has 6 amide bonds. The molecular formula is C68H89ClN6O17. The smallest absolute Gasteiger partial charge is 0.409 e. The highest BCUT2D eigenvalue weighted by molar-refractivity contribution is 6.35. The Labute approximate surface area is 544 Å². The van der Waals surface area contributed by atoms with Gasteiger partial charge in [0, 0.05) is 83.4 Å². The molecule has 3 aromatic carbocycles. The van der Waals surface area contributed by atoms with Crippen molar-refractivity contribution < 1.29 is 81.3 Å². The highest BCUT2D eigenvalue weighted by atomic mass is 35.5. The van der Waals surface area contributed by atoms with Gasteiger partial charge in [-0.2, -0.15) is 0 Å². The minimum Gasteiger partial charge on any atom is -0.495 e. The number of anilines is 2. The van der Waals surface area contributed by atoms with Crippen molar-refractivity contribution in [2.75, 3.05) is 104 Å². The molecule has 2 fully saturated rings. The number of hydrogen-bond donors (Lipinski definition) is 4. The molecule has 4 N–H and O–H groups in total. The number of amides is 6. The van der Waals surface area contributed by atoms with Crippen LogP contribution in [0, 0.1) is 17.8 Å². The first-order valence-electron chi connectivity index (χ1n) is 31.3. The van der Waals surface area contributed by atoms with Gasteiger partial charge >= 0.3 is 12.1 Å². The van der Waals surface area contributed by atoms with Crippen molar-refractivity contribution in [3.05, 3.63) is 112 Å². The normalized spacial score (nSPS) is 23.2. The van der Waals surface area contributed by atoms with Crippen LogP contribution in [0.15, 0.2) is 84.5 Å². The molecule has 4 heterocycles. The van der Waals surface area contributed by atoms with E-state index in [0.717, 1.165) is 33.5 Å². The Bertz CT molecular complexity index is 3190. The van der Waals surface area contributed by atoms with Crippen molar-refractivity contribution in [3.8, 4) is 17.6 Å². The predicted molar refractivity (Wildman–Crippen MR) is 343 cm³/mol. The van der Waals surface area contributed by atoms with Gasteiger partial charge in [-0.1, -0.05) is 90.9 Å². The van der Waals surface area contributed by atoms with Crippen LogP contribution >= 0.6 is 11.6 Å². The number of rotatable bonds is 29. The average molecular weight is 1300 g/mol. The maximum Gasteiger partial charge on any atom is 0.409 e. The van der Waals surface area contributed by atoms with Gasteiger partial charge in [-0.3, -0.25) is 29.3 Å². The van der Waals surface area contributed by atoms with Crippen molar-refractivity contribution in [3.63, 3.8) is 0 Å². The van der Waals surface area contributed by atoms with Gasteiger partial charge in [0.2, 0.25) is 29.5 Å². The largest absolute Gasteiger partial charge is 0.495 e. The van der Waals surface area contributed by atoms with Crippen LogP contribution in [-0.2, 0) is 79.6 Å². The monoisotopic (exact) mass is 1300 g/mol. The van der Waals surface area contributed by atoms with Gasteiger partial charge in [0.05, 0.1) is 90.4 Å². The second kappa shape index (κ2) is 35.0. The Hall–Kier alpha value is -7.40. The number of carbonyl (C=O) groups excluding carboxylic acids is 7. The van der Waals surface area contributed by atoms with Gasteiger partial charge < -0.3 is 73.1 Å². The molecule has 8 atom stereocenters. The van der Waals surface area contributed by atoms with Crippen LogP contribution in [0.5, 0.6) is 5.75 Å². The zero-order valence-corrected chi connectivity index (χ0v) is 54.8. The van der Waals surface area contributed by atoms with E-state index in [2.05, 4.69) is 27.8 Å². The highest BCUT2D eigenvalue weighted by Crippen LogP contribution is 2.49. The first-order valence-corrected chi connectivity index (χ1v) is 31.7. The number of halogens is 1. The molecule has 0 aromatic heterocycles. The fraction of sp³-hybridized carbons (Fsp3) is 0.544. The summed E-state index contributed by atoms with van der Waals surface area (Å²) in [6.07, 6.45) is 2.71. The third-order valence-electron chi connectivity index (χ3n) is 16.8. The number of carbonyl (C=O) groups is 7. The number of nitrogens with one attached hydrogen (secondary N) is 3. The number of para-hydroxylation sites is 1. The maximum absolute atomic E-state index is 14.4. The predicted octanol–water partition coefficient (Wildman–Crippen LogP) is 6.49. The third-order valence-corrected chi connectivity index (χ3v) is 17.2. The molecule has 92 heavy (non-hydrogen) atoms. The second-order valence-corrected chi connectivity index (χ2v) is 23.9. The van der Waals surface area contributed by atoms with Crippen molar-refractivity contribution >= 4 is 64.6 Å². The van der Waals surface area contributed by atoms with Crippen molar-refractivity contribution in [1.82, 2.24) is 20.9 Å². The topological polar surface area (TPSA) is 272 Å². The summed E-state index contributed by atoms with van der Waals surface area (Å²) >= 11 is 6.83. The molecule has 7 rings (SSSR count). The molecule has 4 aliphatic heterocycles. The number of aliphatic hydroxyl groups is 1. The van der Waals surface area contributed by atoms with Crippen molar-refractivity contribution in [1.29, 1.82) is 0 Å². The first-order chi connectivity index (χ1) is 44.2. The summed E-state index contributed by atoms with van der Waals surface area (Å²) in [6, 6.07) is 17.8. The molecule has 3 aromatic rings. The molecule has 0 saturated carbocycles. The lowest BCUT2D eigenvalue weighted by Crippen LogP contribution is -2.63. The molecule has 0 spiro atoms. The molecular weight excluding hydrogens is 1210 g/mol. The Kier molecular flexibility index (Phi) is 27.4. The number of epoxide rings is 1. The standard InChI is InChI=1S/C68H89ClN6O17/c1-45-17-16-22-56(85-8)68(83)43-55(90-66(82)72-68)46(2)64-67(4,92-64)57(42-62(80)74(6)53-40-48(39-45)41-54(84-7)63(53)69)91-65(81)47(3)73(5)60(78)23-10-9-15-29-70-59(77)28-31-86-33-35-88-37-38-89-36-34-87-32-30-71-58(76)26-27-61(79)75-44-51-20-12-11-18-49(51)24-25-50-19-13-14-21-52(50)75/h11-14,16-22,40-41,46-47,55-57,64,83H,9-10,15,23,26-39,42-44H2,1-8H3,(H,70,77)(H,71,76)(H,72,82)/b22-16-,45-17-/t46-,47+,55+,56-,57+,64+,67+,68+/m1/s1. The van der Waals surface area contributed by atoms with Crippen LogP contribution in [0.1, 0.15) is 108 Å². The zero-order valence-electron chi connectivity index (χ0n) is 54.0. The van der Waals surface area contributed by atoms with E-state index in [4.69, 9.17) is 54.2 Å². The number of benzene rings is 3. The molecule has 4 bridgehead atoms. The van der Waals surface area contributed by atoms with E-state index in [1.807, 2.05) is 61.5 Å². The summed E-state index contributed by atoms with van der Waals surface area (Å²) in [5, 5.41) is 20.3. The Morgan fingerprint density at radius 2 is 1.49 bits per heavy atom. The zero-order chi connectivity index (χ0) is 66.4. The van der Waals surface area contributed by atoms with Gasteiger partial charge in [0.25, 0.3) is 0 Å². The molecule has 4 aliphatic rings. The number of alkyl carbamates (subject to hydrolysis) is 1. The van der Waals surface area contributed by atoms with Crippen molar-refractivity contribution in [2.24, 2.45) is 5.92 Å². The van der Waals surface area contributed by atoms with Crippen molar-refractivity contribution in [2.45, 2.75) is 140 Å². The van der Waals surface area contributed by atoms with Crippen LogP contribution in [0.3, 0.4) is 0 Å². The van der Waals surface area contributed by atoms with E-state index >= 15 is 0 Å². The number of allylic oxidation sites excluding steroid dienone is 3. The number of nitrogens with zero attached hydrogens (tertiary/aromatic N) is 3. The average Bonchev–Trinajstić information content (AvgIpc) is 1.58. The molecule has 23 nitrogen and oxygen atoms in total. The summed E-state index contributed by atoms with van der Waals surface area (Å²) in [4.78, 5) is 97.7. The molecule has 500 valence electrons. The minimum atomic E-state index is -1.87. The summed E-state index contributed by atoms with van der Waals surface area (Å²) in [6.45, 7) is 10.5. The van der Waals surface area contributed by atoms with E-state index < -0.39 is 65.7 Å². The lowest BCUT2D eigenvalue weighted by molar-refractivity contribution is -0.162. The van der Waals surface area contributed by atoms with Gasteiger partial charge in [-0.15, -0.1) is 0 Å². The number of esters is 1. The van der Waals surface area contributed by atoms with E-state index in [1.54, 1.807) is 50.1 Å². The number of methoxy groups -OCH3 is 2. The molecule has 0 radical (unpaired) electrons. The van der Waals surface area contributed by atoms with Gasteiger partial charge in [-0.25, -0.2) is 9.59 Å². The molecule has 0 aliphatic carbocycles. The molecule has 24 heteroatoms. The summed E-state index contributed by atoms with van der Waals surface area (Å²) in [5.74, 6) is 4.05. The third kappa shape index (κ3) is 20.3. The number of hydrogen-bond acceptors (Lipinski definition) is 17. The summed E-state index contributed by atoms with van der Waals surface area (Å²) in [7, 11) is 5.97. The summed E-state index contributed by atoms with van der Waals surface area (Å²) < 4.78 is 51.7. The lowest BCUT2D eigenvalue weighted by atomic mass is 9.83. The lowest BCUT2D eigenvalue weighted by Gasteiger charge is -2.42. The van der Waals surface area contributed by atoms with E-state index in [0.29, 0.717) is 103 Å². The fourth-order valence-corrected chi connectivity index (χ4v) is 11.4. The molecule has 0 unspecified atom stereocenters. The molecule has 2 saturated heterocycles. The Morgan fingerprint density at radius 3 is 2.21 bits per heavy atom. The number of fused-ring (bicyclic) bond motifs is 7. The van der Waals surface area contributed by atoms with Gasteiger partial charge in [-0.05, 0) is 81.5 Å². The van der Waals surface area contributed by atoms with E-state index in [9.17, 15) is 38.7 Å².